The van der Waals surface area contributed by atoms with Gasteiger partial charge in [0, 0.05) is 6.42 Å². The topological polar surface area (TPSA) is 60.4 Å². The van der Waals surface area contributed by atoms with Crippen LogP contribution in [-0.4, -0.2) is 14.4 Å². The molecule has 0 bridgehead atoms. The maximum atomic E-state index is 11.7. The van der Waals surface area contributed by atoms with E-state index >= 15 is 0 Å². The Kier molecular flexibility index (Phi) is 10.2. The van der Waals surface area contributed by atoms with Gasteiger partial charge in [0.1, 0.15) is 4.90 Å². The normalized spacial score (nSPS) is 10.7. The summed E-state index contributed by atoms with van der Waals surface area (Å²) in [6, 6.07) is 7.69. The minimum absolute atomic E-state index is 0. The van der Waals surface area contributed by atoms with Crippen molar-refractivity contribution in [3.8, 4) is 0 Å². The van der Waals surface area contributed by atoms with Crippen molar-refractivity contribution in [3.05, 3.63) is 30.3 Å². The van der Waals surface area contributed by atoms with E-state index in [1.807, 2.05) is 0 Å². The molecule has 1 rings (SSSR count). The molecule has 0 fully saturated rings. The summed E-state index contributed by atoms with van der Waals surface area (Å²) >= 11 is 0. The summed E-state index contributed by atoms with van der Waals surface area (Å²) in [4.78, 5) is 11.5. The van der Waals surface area contributed by atoms with E-state index in [-0.39, 0.29) is 42.3 Å². The van der Waals surface area contributed by atoms with Crippen LogP contribution in [0.25, 0.3) is 0 Å². The van der Waals surface area contributed by atoms with Crippen molar-refractivity contribution in [2.24, 2.45) is 0 Å². The van der Waals surface area contributed by atoms with Crippen LogP contribution < -0.4 is 29.6 Å². The molecule has 0 saturated carbocycles. The third kappa shape index (κ3) is 7.43. The Labute approximate surface area is 144 Å². The Morgan fingerprint density at radius 1 is 1.10 bits per heavy atom. The van der Waals surface area contributed by atoms with Gasteiger partial charge in [-0.2, -0.15) is 8.42 Å². The molecule has 0 aliphatic rings. The number of carbonyl (C=O) groups excluding carboxylic acids is 1. The van der Waals surface area contributed by atoms with Gasteiger partial charge in [-0.25, -0.2) is 0 Å². The van der Waals surface area contributed by atoms with Crippen molar-refractivity contribution in [3.63, 3.8) is 0 Å². The molecule has 0 N–H and O–H groups in total. The predicted octanol–water partition coefficient (Wildman–Crippen LogP) is 0.396. The zero-order chi connectivity index (χ0) is 14.1. The molecule has 0 saturated heterocycles. The molecule has 0 spiro atoms. The largest absolute Gasteiger partial charge is 1.00 e. The van der Waals surface area contributed by atoms with Crippen LogP contribution in [0.1, 0.15) is 46.9 Å². The first-order valence-electron chi connectivity index (χ1n) is 6.58. The Morgan fingerprint density at radius 2 is 1.70 bits per heavy atom. The van der Waals surface area contributed by atoms with Crippen LogP contribution >= 0.6 is 0 Å². The fourth-order valence-corrected chi connectivity index (χ4v) is 2.59. The third-order valence-electron chi connectivity index (χ3n) is 2.72. The van der Waals surface area contributed by atoms with Crippen molar-refractivity contribution < 1.29 is 48.4 Å². The molecule has 1 aromatic rings. The van der Waals surface area contributed by atoms with Crippen LogP contribution in [0, 0.1) is 0 Å². The van der Waals surface area contributed by atoms with E-state index in [0.717, 1.165) is 25.7 Å². The van der Waals surface area contributed by atoms with E-state index < -0.39 is 16.1 Å². The van der Waals surface area contributed by atoms with Gasteiger partial charge in [-0.15, -0.1) is 0 Å². The van der Waals surface area contributed by atoms with Gasteiger partial charge in [-0.3, -0.25) is 4.79 Å². The number of hydrogen-bond acceptors (Lipinski definition) is 4. The molecule has 0 amide bonds. The summed E-state index contributed by atoms with van der Waals surface area (Å²) in [5.41, 5.74) is 0. The van der Waals surface area contributed by atoms with Gasteiger partial charge in [0.05, 0.1) is 0 Å². The Hall–Kier alpha value is -0.360. The molecule has 0 aliphatic heterocycles. The summed E-state index contributed by atoms with van der Waals surface area (Å²) in [5, 5.41) is 0. The second kappa shape index (κ2) is 10.4. The third-order valence-corrected chi connectivity index (χ3v) is 3.97. The van der Waals surface area contributed by atoms with Crippen molar-refractivity contribution in [1.29, 1.82) is 0 Å². The minimum Gasteiger partial charge on any atom is -1.00 e. The summed E-state index contributed by atoms with van der Waals surface area (Å²) in [6.07, 6.45) is 5.08. The molecule has 0 aliphatic carbocycles. The number of rotatable bonds is 8. The summed E-state index contributed by atoms with van der Waals surface area (Å²) < 4.78 is 28.0. The first-order chi connectivity index (χ1) is 9.06. The van der Waals surface area contributed by atoms with Crippen molar-refractivity contribution in [1.82, 2.24) is 0 Å². The van der Waals surface area contributed by atoms with Gasteiger partial charge < -0.3 is 5.61 Å². The summed E-state index contributed by atoms with van der Waals surface area (Å²) in [7, 11) is -3.96. The average Bonchev–Trinajstić information content (AvgIpc) is 2.39. The van der Waals surface area contributed by atoms with Crippen LogP contribution in [0.15, 0.2) is 35.2 Å². The van der Waals surface area contributed by atoms with Gasteiger partial charge in [0.25, 0.3) is 0 Å². The van der Waals surface area contributed by atoms with E-state index in [2.05, 4.69) is 11.1 Å². The average molecular weight is 308 g/mol. The van der Waals surface area contributed by atoms with Gasteiger partial charge in [-0.1, -0.05) is 50.8 Å². The summed E-state index contributed by atoms with van der Waals surface area (Å²) in [6.45, 7) is 2.11. The smallest absolute Gasteiger partial charge is 1.00 e. The second-order valence-electron chi connectivity index (χ2n) is 4.39. The van der Waals surface area contributed by atoms with Gasteiger partial charge >= 0.3 is 45.6 Å². The number of hydrogen-bond donors (Lipinski definition) is 0. The van der Waals surface area contributed by atoms with Gasteiger partial charge in [0.2, 0.25) is 0 Å². The fourth-order valence-electron chi connectivity index (χ4n) is 1.67. The first kappa shape index (κ1) is 19.6. The van der Waals surface area contributed by atoms with Gasteiger partial charge in [0.15, 0.2) is 0 Å². The molecule has 0 unspecified atom stereocenters. The first-order valence-corrected chi connectivity index (χ1v) is 7.99. The van der Waals surface area contributed by atoms with Crippen molar-refractivity contribution >= 4 is 16.1 Å². The maximum absolute atomic E-state index is 11.7. The molecule has 108 valence electrons. The molecule has 1 aromatic carbocycles. The molecule has 0 radical (unpaired) electrons. The number of carbonyl (C=O) groups is 1. The summed E-state index contributed by atoms with van der Waals surface area (Å²) in [5.74, 6) is -0.680. The molecule has 4 nitrogen and oxygen atoms in total. The molecule has 0 aromatic heterocycles. The zero-order valence-electron chi connectivity index (χ0n) is 13.2. The SMILES string of the molecule is CCCCCCCC(=O)OS(=O)(=O)c1ccccc1.[H-].[Na+]. The molecule has 0 heterocycles. The molecule has 0 atom stereocenters. The fraction of sp³-hybridized carbons (Fsp3) is 0.500. The van der Waals surface area contributed by atoms with Crippen molar-refractivity contribution in [2.45, 2.75) is 50.3 Å². The van der Waals surface area contributed by atoms with Gasteiger partial charge in [-0.05, 0) is 18.6 Å². The molecule has 6 heteroatoms. The standard InChI is InChI=1S/C14H20O4S.Na.H/c1-2-3-4-5-9-12-14(15)18-19(16,17)13-10-7-6-8-11-13;;/h6-8,10-11H,2-5,9,12H2,1H3;;/q;+1;-1. The number of benzene rings is 1. The molecular formula is C14H21NaO4S. The van der Waals surface area contributed by atoms with Crippen LogP contribution in [0.3, 0.4) is 0 Å². The van der Waals surface area contributed by atoms with Crippen LogP contribution in [0.5, 0.6) is 0 Å². The zero-order valence-corrected chi connectivity index (χ0v) is 15.0. The van der Waals surface area contributed by atoms with E-state index in [1.54, 1.807) is 18.2 Å². The molecule has 20 heavy (non-hydrogen) atoms. The Bertz CT molecular complexity index is 491. The van der Waals surface area contributed by atoms with Crippen LogP contribution in [0.2, 0.25) is 0 Å². The maximum Gasteiger partial charge on any atom is 1.00 e. The van der Waals surface area contributed by atoms with Crippen LogP contribution in [0.4, 0.5) is 0 Å². The van der Waals surface area contributed by atoms with E-state index in [4.69, 9.17) is 0 Å². The Balaban J connectivity index is 0. The van der Waals surface area contributed by atoms with E-state index in [1.165, 1.54) is 12.1 Å². The van der Waals surface area contributed by atoms with E-state index in [0.29, 0.717) is 6.42 Å². The minimum atomic E-state index is -3.96. The van der Waals surface area contributed by atoms with E-state index in [9.17, 15) is 13.2 Å². The predicted molar refractivity (Wildman–Crippen MR) is 74.2 cm³/mol. The van der Waals surface area contributed by atoms with Crippen LogP contribution in [-0.2, 0) is 19.1 Å². The molecular weight excluding hydrogens is 287 g/mol. The Morgan fingerprint density at radius 3 is 2.30 bits per heavy atom. The quantitative estimate of drug-likeness (QED) is 0.396. The number of unbranched alkanes of at least 4 members (excludes halogenated alkanes) is 4. The second-order valence-corrected chi connectivity index (χ2v) is 5.93. The van der Waals surface area contributed by atoms with Crippen molar-refractivity contribution in [2.75, 3.05) is 0 Å². The monoisotopic (exact) mass is 308 g/mol.